The van der Waals surface area contributed by atoms with Crippen molar-refractivity contribution in [3.05, 3.63) is 0 Å². The lowest BCUT2D eigenvalue weighted by molar-refractivity contribution is -0.150. The molecule has 0 heterocycles. The molecule has 0 aliphatic rings. The van der Waals surface area contributed by atoms with Crippen LogP contribution in [-0.4, -0.2) is 164 Å². The predicted molar refractivity (Wildman–Crippen MR) is 227 cm³/mol. The Morgan fingerprint density at radius 1 is 0.567 bits per heavy atom. The van der Waals surface area contributed by atoms with Crippen LogP contribution in [0.1, 0.15) is 109 Å². The van der Waals surface area contributed by atoms with Gasteiger partial charge < -0.3 is 44.9 Å². The molecule has 60 heavy (non-hydrogen) atoms. The van der Waals surface area contributed by atoms with Crippen LogP contribution in [0, 0.1) is 17.8 Å². The van der Waals surface area contributed by atoms with Crippen LogP contribution >= 0.6 is 0 Å². The summed E-state index contributed by atoms with van der Waals surface area (Å²) in [4.78, 5) is 113. The van der Waals surface area contributed by atoms with E-state index in [1.54, 1.807) is 34.6 Å². The smallest absolute Gasteiger partial charge is 0.410 e. The van der Waals surface area contributed by atoms with Crippen LogP contribution in [0.25, 0.3) is 0 Å². The summed E-state index contributed by atoms with van der Waals surface area (Å²) < 4.78 is 15.7. The van der Waals surface area contributed by atoms with Crippen molar-refractivity contribution >= 4 is 47.5 Å². The fraction of sp³-hybridized carbons (Fsp3) is 0.810. The van der Waals surface area contributed by atoms with Crippen molar-refractivity contribution in [2.24, 2.45) is 17.8 Å². The SMILES string of the molecule is CC[C@H](C)[C@@H](NC(=O)[C@H](NC(=O)[C@@H](C)N(C)C(=O)[C@H](C)N(C)C(=O)OC(C)(C)C)[C@H](C)OC)C(=O)N(C)[C@@H](C)C(=O)N(C)[C@@H](CC(C)C)C(=O)N[C@@H](CC(C)C)C(=O)OC. The maximum Gasteiger partial charge on any atom is 0.410 e. The summed E-state index contributed by atoms with van der Waals surface area (Å²) in [5, 5.41) is 8.18. The zero-order chi connectivity index (χ0) is 47.1. The first kappa shape index (κ1) is 55.5. The molecule has 0 aliphatic carbocycles. The summed E-state index contributed by atoms with van der Waals surface area (Å²) in [6, 6.07) is -7.52. The van der Waals surface area contributed by atoms with Gasteiger partial charge in [0.1, 0.15) is 47.9 Å². The van der Waals surface area contributed by atoms with E-state index in [1.807, 2.05) is 34.6 Å². The van der Waals surface area contributed by atoms with Gasteiger partial charge >= 0.3 is 12.1 Å². The predicted octanol–water partition coefficient (Wildman–Crippen LogP) is 2.56. The highest BCUT2D eigenvalue weighted by atomic mass is 16.6. The molecule has 9 atom stereocenters. The number of hydrogen-bond acceptors (Lipinski definition) is 11. The summed E-state index contributed by atoms with van der Waals surface area (Å²) in [6.45, 7) is 22.4. The number of nitrogens with zero attached hydrogens (tertiary/aromatic N) is 4. The Morgan fingerprint density at radius 2 is 1.03 bits per heavy atom. The maximum atomic E-state index is 14.2. The van der Waals surface area contributed by atoms with Crippen LogP contribution in [0.2, 0.25) is 0 Å². The lowest BCUT2D eigenvalue weighted by Crippen LogP contribution is -2.62. The zero-order valence-corrected chi connectivity index (χ0v) is 39.8. The molecule has 3 N–H and O–H groups in total. The van der Waals surface area contributed by atoms with Crippen molar-refractivity contribution in [2.45, 2.75) is 163 Å². The number of rotatable bonds is 22. The van der Waals surface area contributed by atoms with Crippen LogP contribution in [0.15, 0.2) is 0 Å². The van der Waals surface area contributed by atoms with E-state index in [9.17, 15) is 38.4 Å². The number of esters is 1. The van der Waals surface area contributed by atoms with Crippen LogP contribution in [0.3, 0.4) is 0 Å². The molecule has 0 aromatic carbocycles. The van der Waals surface area contributed by atoms with Gasteiger partial charge in [-0.25, -0.2) is 9.59 Å². The summed E-state index contributed by atoms with van der Waals surface area (Å²) in [5.74, 6) is -4.64. The molecule has 0 saturated heterocycles. The second kappa shape index (κ2) is 24.7. The maximum absolute atomic E-state index is 14.2. The Labute approximate surface area is 358 Å². The second-order valence-electron chi connectivity index (χ2n) is 17.6. The van der Waals surface area contributed by atoms with E-state index >= 15 is 0 Å². The van der Waals surface area contributed by atoms with Gasteiger partial charge in [-0.3, -0.25) is 33.7 Å². The molecule has 7 amide bonds. The van der Waals surface area contributed by atoms with Crippen molar-refractivity contribution in [2.75, 3.05) is 42.4 Å². The Balaban J connectivity index is 6.31. The van der Waals surface area contributed by atoms with E-state index in [0.29, 0.717) is 12.8 Å². The summed E-state index contributed by atoms with van der Waals surface area (Å²) in [5.41, 5.74) is -0.788. The fourth-order valence-corrected chi connectivity index (χ4v) is 6.06. The Kier molecular flexibility index (Phi) is 22.9. The van der Waals surface area contributed by atoms with Gasteiger partial charge in [0.15, 0.2) is 0 Å². The third-order valence-corrected chi connectivity index (χ3v) is 10.7. The van der Waals surface area contributed by atoms with Gasteiger partial charge in [0.25, 0.3) is 0 Å². The average molecular weight is 856 g/mol. The van der Waals surface area contributed by atoms with Crippen molar-refractivity contribution in [1.29, 1.82) is 0 Å². The molecular formula is C42H77N7O11. The minimum atomic E-state index is -1.31. The molecule has 18 nitrogen and oxygen atoms in total. The standard InChI is InChI=1S/C42H77N7O11/c1-20-25(6)32(39(55)47(15)27(8)38(54)49(17)31(22-24(4)5)35(51)43-30(21-23(2)3)40(56)59-19)44-36(52)33(29(10)58-18)45-34(50)26(7)46(14)37(53)28(9)48(16)41(57)60-42(11,12)13/h23-33H,20-22H2,1-19H3,(H,43,51)(H,44,52)(H,45,50)/t25-,26+,27-,28-,29-,30-,31-,32+,33+/m0/s1. The van der Waals surface area contributed by atoms with Gasteiger partial charge in [0, 0.05) is 35.3 Å². The lowest BCUT2D eigenvalue weighted by atomic mass is 9.96. The highest BCUT2D eigenvalue weighted by Crippen LogP contribution is 2.19. The highest BCUT2D eigenvalue weighted by Gasteiger charge is 2.40. The quantitative estimate of drug-likeness (QED) is 0.135. The number of ether oxygens (including phenoxy) is 3. The summed E-state index contributed by atoms with van der Waals surface area (Å²) >= 11 is 0. The monoisotopic (exact) mass is 856 g/mol. The molecule has 0 aromatic rings. The molecule has 0 saturated carbocycles. The average Bonchev–Trinajstić information content (AvgIpc) is 3.18. The first-order valence-electron chi connectivity index (χ1n) is 20.8. The number of hydrogen-bond donors (Lipinski definition) is 3. The molecule has 346 valence electrons. The van der Waals surface area contributed by atoms with Crippen molar-refractivity contribution in [3.63, 3.8) is 0 Å². The van der Waals surface area contributed by atoms with Gasteiger partial charge in [-0.15, -0.1) is 0 Å². The van der Waals surface area contributed by atoms with E-state index < -0.39 is 107 Å². The molecule has 0 radical (unpaired) electrons. The Morgan fingerprint density at radius 3 is 1.48 bits per heavy atom. The second-order valence-corrected chi connectivity index (χ2v) is 17.6. The molecule has 0 aliphatic heterocycles. The van der Waals surface area contributed by atoms with Crippen LogP contribution in [0.4, 0.5) is 4.79 Å². The van der Waals surface area contributed by atoms with E-state index in [4.69, 9.17) is 14.2 Å². The van der Waals surface area contributed by atoms with Gasteiger partial charge in [-0.2, -0.15) is 0 Å². The third-order valence-electron chi connectivity index (χ3n) is 10.7. The minimum absolute atomic E-state index is 0.0152. The Bertz CT molecular complexity index is 1480. The van der Waals surface area contributed by atoms with Crippen molar-refractivity contribution < 1.29 is 52.6 Å². The number of methoxy groups -OCH3 is 2. The number of nitrogens with one attached hydrogen (secondary N) is 3. The molecule has 0 spiro atoms. The zero-order valence-electron chi connectivity index (χ0n) is 39.8. The van der Waals surface area contributed by atoms with Crippen molar-refractivity contribution in [3.8, 4) is 0 Å². The van der Waals surface area contributed by atoms with Gasteiger partial charge in [-0.1, -0.05) is 48.0 Å². The summed E-state index contributed by atoms with van der Waals surface area (Å²) in [6.07, 6.45) is -0.542. The van der Waals surface area contributed by atoms with E-state index in [-0.39, 0.29) is 18.3 Å². The molecule has 18 heteroatoms. The summed E-state index contributed by atoms with van der Waals surface area (Å²) in [7, 11) is 8.31. The topological polar surface area (TPSA) is 213 Å². The molecule has 0 fully saturated rings. The van der Waals surface area contributed by atoms with Gasteiger partial charge in [0.05, 0.1) is 13.2 Å². The molecular weight excluding hydrogens is 778 g/mol. The van der Waals surface area contributed by atoms with E-state index in [1.165, 1.54) is 73.0 Å². The highest BCUT2D eigenvalue weighted by molar-refractivity contribution is 5.97. The van der Waals surface area contributed by atoms with Gasteiger partial charge in [-0.05, 0) is 79.1 Å². The van der Waals surface area contributed by atoms with Crippen molar-refractivity contribution in [1.82, 2.24) is 35.6 Å². The molecule has 0 unspecified atom stereocenters. The minimum Gasteiger partial charge on any atom is -0.467 e. The van der Waals surface area contributed by atoms with Crippen LogP contribution in [0.5, 0.6) is 0 Å². The number of likely N-dealkylation sites (N-methyl/N-ethyl adjacent to an activating group) is 4. The number of carbonyl (C=O) groups is 8. The van der Waals surface area contributed by atoms with Crippen LogP contribution in [-0.2, 0) is 47.8 Å². The number of amides is 7. The Hall–Kier alpha value is -4.48. The van der Waals surface area contributed by atoms with E-state index in [0.717, 1.165) is 9.80 Å². The van der Waals surface area contributed by atoms with Gasteiger partial charge in [0.2, 0.25) is 35.4 Å². The lowest BCUT2D eigenvalue weighted by Gasteiger charge is -2.36. The molecule has 0 aromatic heterocycles. The normalized spacial score (nSPS) is 16.1. The fourth-order valence-electron chi connectivity index (χ4n) is 6.06. The first-order valence-corrected chi connectivity index (χ1v) is 20.8. The number of carbonyl (C=O) groups excluding carboxylic acids is 8. The molecule has 0 rings (SSSR count). The third kappa shape index (κ3) is 16.5. The first-order chi connectivity index (χ1) is 27.5. The molecule has 0 bridgehead atoms. The largest absolute Gasteiger partial charge is 0.467 e. The van der Waals surface area contributed by atoms with E-state index in [2.05, 4.69) is 16.0 Å². The van der Waals surface area contributed by atoms with Crippen LogP contribution < -0.4 is 16.0 Å².